The lowest BCUT2D eigenvalue weighted by molar-refractivity contribution is -0.197. The van der Waals surface area contributed by atoms with Crippen LogP contribution in [-0.2, 0) is 9.40 Å². The van der Waals surface area contributed by atoms with Crippen LogP contribution >= 0.6 is 7.14 Å². The average Bonchev–Trinajstić information content (AvgIpc) is 3.05. The third-order valence-electron chi connectivity index (χ3n) is 5.39. The molecule has 3 heterocycles. The van der Waals surface area contributed by atoms with E-state index in [-0.39, 0.29) is 17.3 Å². The molecule has 20 heavy (non-hydrogen) atoms. The quantitative estimate of drug-likeness (QED) is 0.745. The largest absolute Gasteiger partial charge is 0.318 e. The maximum atomic E-state index is 13.7. The van der Waals surface area contributed by atoms with Crippen LogP contribution in [0.15, 0.2) is 30.3 Å². The van der Waals surface area contributed by atoms with Gasteiger partial charge in [0.25, 0.3) is 0 Å². The zero-order chi connectivity index (χ0) is 14.0. The number of hydroxylamine groups is 2. The van der Waals surface area contributed by atoms with Crippen LogP contribution in [0.25, 0.3) is 0 Å². The average molecular weight is 291 g/mol. The van der Waals surface area contributed by atoms with Gasteiger partial charge in [0.1, 0.15) is 7.14 Å². The molecule has 0 amide bonds. The minimum atomic E-state index is -2.32. The SMILES string of the molecule is CC1(C)CC[C@@H]2[C@@H]3[C@@H](CCP3(=O)c3ccccc3)ON21. The summed E-state index contributed by atoms with van der Waals surface area (Å²) < 4.78 is 13.7. The predicted molar refractivity (Wildman–Crippen MR) is 80.8 cm³/mol. The second-order valence-corrected chi connectivity index (χ2v) is 10.2. The van der Waals surface area contributed by atoms with Crippen LogP contribution in [0.2, 0.25) is 0 Å². The number of benzene rings is 1. The van der Waals surface area contributed by atoms with Crippen molar-refractivity contribution in [2.75, 3.05) is 6.16 Å². The molecule has 4 atom stereocenters. The van der Waals surface area contributed by atoms with E-state index in [1.807, 2.05) is 30.3 Å². The molecule has 0 aliphatic carbocycles. The molecule has 3 aliphatic rings. The summed E-state index contributed by atoms with van der Waals surface area (Å²) in [6.45, 7) is 4.48. The van der Waals surface area contributed by atoms with Gasteiger partial charge in [0.2, 0.25) is 0 Å². The highest BCUT2D eigenvalue weighted by atomic mass is 31.2. The van der Waals surface area contributed by atoms with Crippen LogP contribution in [0.5, 0.6) is 0 Å². The summed E-state index contributed by atoms with van der Waals surface area (Å²) in [7, 11) is -2.32. The molecule has 4 rings (SSSR count). The monoisotopic (exact) mass is 291 g/mol. The molecule has 1 aromatic carbocycles. The highest BCUT2D eigenvalue weighted by Crippen LogP contribution is 2.64. The topological polar surface area (TPSA) is 29.5 Å². The molecule has 0 bridgehead atoms. The summed E-state index contributed by atoms with van der Waals surface area (Å²) in [5.41, 5.74) is 0.308. The van der Waals surface area contributed by atoms with Gasteiger partial charge in [-0.05, 0) is 33.1 Å². The zero-order valence-corrected chi connectivity index (χ0v) is 13.1. The number of hydrogen-bond donors (Lipinski definition) is 0. The number of nitrogens with zero attached hydrogens (tertiary/aromatic N) is 1. The van der Waals surface area contributed by atoms with Gasteiger partial charge in [-0.2, -0.15) is 5.06 Å². The minimum absolute atomic E-state index is 0.0938. The fourth-order valence-electron chi connectivity index (χ4n) is 4.38. The zero-order valence-electron chi connectivity index (χ0n) is 12.2. The van der Waals surface area contributed by atoms with E-state index in [2.05, 4.69) is 18.9 Å². The Hall–Kier alpha value is -0.630. The van der Waals surface area contributed by atoms with E-state index in [0.717, 1.165) is 30.7 Å². The smallest absolute Gasteiger partial charge is 0.122 e. The Balaban J connectivity index is 1.74. The summed E-state index contributed by atoms with van der Waals surface area (Å²) in [4.78, 5) is 6.20. The Labute approximate surface area is 120 Å². The maximum Gasteiger partial charge on any atom is 0.122 e. The lowest BCUT2D eigenvalue weighted by Crippen LogP contribution is -2.40. The van der Waals surface area contributed by atoms with Crippen LogP contribution in [0.1, 0.15) is 33.1 Å². The number of hydrogen-bond acceptors (Lipinski definition) is 3. The summed E-state index contributed by atoms with van der Waals surface area (Å²) in [5, 5.41) is 3.24. The Morgan fingerprint density at radius 2 is 2.00 bits per heavy atom. The molecule has 3 fully saturated rings. The van der Waals surface area contributed by atoms with Crippen LogP contribution in [0.3, 0.4) is 0 Å². The first-order chi connectivity index (χ1) is 9.52. The first-order valence-electron chi connectivity index (χ1n) is 7.63. The molecule has 1 unspecified atom stereocenters. The molecule has 1 aromatic rings. The van der Waals surface area contributed by atoms with Gasteiger partial charge < -0.3 is 4.57 Å². The third kappa shape index (κ3) is 1.63. The van der Waals surface area contributed by atoms with E-state index >= 15 is 0 Å². The number of rotatable bonds is 1. The van der Waals surface area contributed by atoms with E-state index in [9.17, 15) is 4.57 Å². The predicted octanol–water partition coefficient (Wildman–Crippen LogP) is 3.00. The lowest BCUT2D eigenvalue weighted by atomic mass is 10.0. The van der Waals surface area contributed by atoms with Crippen molar-refractivity contribution in [2.24, 2.45) is 0 Å². The van der Waals surface area contributed by atoms with Gasteiger partial charge in [-0.25, -0.2) is 0 Å². The van der Waals surface area contributed by atoms with Crippen molar-refractivity contribution in [1.82, 2.24) is 5.06 Å². The van der Waals surface area contributed by atoms with Crippen molar-refractivity contribution < 1.29 is 9.40 Å². The first kappa shape index (κ1) is 13.1. The van der Waals surface area contributed by atoms with Gasteiger partial charge in [-0.15, -0.1) is 0 Å². The molecular formula is C16H22NO2P. The lowest BCUT2D eigenvalue weighted by Gasteiger charge is -2.31. The Morgan fingerprint density at radius 3 is 2.75 bits per heavy atom. The first-order valence-corrected chi connectivity index (χ1v) is 9.59. The van der Waals surface area contributed by atoms with Crippen molar-refractivity contribution >= 4 is 12.4 Å². The van der Waals surface area contributed by atoms with Gasteiger partial charge in [0, 0.05) is 23.0 Å². The maximum absolute atomic E-state index is 13.7. The van der Waals surface area contributed by atoms with E-state index < -0.39 is 7.14 Å². The second-order valence-electron chi connectivity index (χ2n) is 7.02. The normalized spacial score (nSPS) is 42.6. The molecule has 3 aliphatic heterocycles. The molecule has 0 spiro atoms. The van der Waals surface area contributed by atoms with E-state index in [1.54, 1.807) is 0 Å². The van der Waals surface area contributed by atoms with Crippen molar-refractivity contribution in [3.05, 3.63) is 30.3 Å². The summed E-state index contributed by atoms with van der Waals surface area (Å²) in [6.07, 6.45) is 4.18. The molecule has 108 valence electrons. The molecule has 4 heteroatoms. The molecule has 0 radical (unpaired) electrons. The van der Waals surface area contributed by atoms with Gasteiger partial charge in [-0.3, -0.25) is 4.84 Å². The van der Waals surface area contributed by atoms with Crippen LogP contribution in [0, 0.1) is 0 Å². The summed E-state index contributed by atoms with van der Waals surface area (Å²) in [5.74, 6) is 0. The van der Waals surface area contributed by atoms with Gasteiger partial charge in [0.05, 0.1) is 11.8 Å². The summed E-state index contributed by atoms with van der Waals surface area (Å²) in [6, 6.07) is 10.5. The Morgan fingerprint density at radius 1 is 1.25 bits per heavy atom. The highest BCUT2D eigenvalue weighted by molar-refractivity contribution is 7.72. The molecule has 0 N–H and O–H groups in total. The highest BCUT2D eigenvalue weighted by Gasteiger charge is 2.61. The molecule has 0 aromatic heterocycles. The third-order valence-corrected chi connectivity index (χ3v) is 9.13. The van der Waals surface area contributed by atoms with Crippen LogP contribution in [-0.4, -0.2) is 34.6 Å². The standard InChI is InChI=1S/C16H22NO2P/c1-16(2)10-8-13-15-14(19-17(13)16)9-11-20(15,18)12-6-4-3-5-7-12/h3-7,13-15H,8-11H2,1-2H3/t13-,14-,15-,20?/m1/s1. The van der Waals surface area contributed by atoms with Crippen molar-refractivity contribution in [3.8, 4) is 0 Å². The molecule has 3 nitrogen and oxygen atoms in total. The number of fused-ring (bicyclic) bond motifs is 3. The van der Waals surface area contributed by atoms with E-state index in [0.29, 0.717) is 6.04 Å². The summed E-state index contributed by atoms with van der Waals surface area (Å²) >= 11 is 0. The van der Waals surface area contributed by atoms with Gasteiger partial charge in [0.15, 0.2) is 0 Å². The van der Waals surface area contributed by atoms with Gasteiger partial charge >= 0.3 is 0 Å². The molecule has 0 saturated carbocycles. The molecular weight excluding hydrogens is 269 g/mol. The van der Waals surface area contributed by atoms with E-state index in [1.165, 1.54) is 0 Å². The Bertz CT molecular complexity index is 571. The van der Waals surface area contributed by atoms with Crippen molar-refractivity contribution in [1.29, 1.82) is 0 Å². The fraction of sp³-hybridized carbons (Fsp3) is 0.625. The molecule has 3 saturated heterocycles. The van der Waals surface area contributed by atoms with E-state index in [4.69, 9.17) is 4.84 Å². The van der Waals surface area contributed by atoms with Crippen molar-refractivity contribution in [3.63, 3.8) is 0 Å². The van der Waals surface area contributed by atoms with Crippen LogP contribution in [0.4, 0.5) is 0 Å². The van der Waals surface area contributed by atoms with Crippen LogP contribution < -0.4 is 5.30 Å². The second kappa shape index (κ2) is 4.19. The minimum Gasteiger partial charge on any atom is -0.318 e. The fourth-order valence-corrected chi connectivity index (χ4v) is 8.17. The Kier molecular flexibility index (Phi) is 2.74. The van der Waals surface area contributed by atoms with Crippen molar-refractivity contribution in [2.45, 2.75) is 56.5 Å². The van der Waals surface area contributed by atoms with Gasteiger partial charge in [-0.1, -0.05) is 30.3 Å².